The molecule has 0 aliphatic rings. The smallest absolute Gasteiger partial charge is 0.231 e. The van der Waals surface area contributed by atoms with Crippen molar-refractivity contribution >= 4 is 38.9 Å². The van der Waals surface area contributed by atoms with Crippen LogP contribution in [0.15, 0.2) is 56.3 Å². The second-order valence-electron chi connectivity index (χ2n) is 6.93. The Labute approximate surface area is 181 Å². The van der Waals surface area contributed by atoms with Gasteiger partial charge in [0, 0.05) is 16.3 Å². The Kier molecular flexibility index (Phi) is 5.22. The fourth-order valence-corrected chi connectivity index (χ4v) is 3.52. The summed E-state index contributed by atoms with van der Waals surface area (Å²) >= 11 is 3.39. The van der Waals surface area contributed by atoms with Crippen molar-refractivity contribution in [1.82, 2.24) is 4.98 Å². The van der Waals surface area contributed by atoms with Crippen LogP contribution in [0.5, 0.6) is 17.2 Å². The lowest BCUT2D eigenvalue weighted by atomic mass is 10.1. The van der Waals surface area contributed by atoms with Crippen molar-refractivity contribution in [3.8, 4) is 28.7 Å². The maximum atomic E-state index is 10.3. The van der Waals surface area contributed by atoms with Gasteiger partial charge in [0.25, 0.3) is 0 Å². The number of methoxy groups -OCH3 is 1. The first-order chi connectivity index (χ1) is 14.4. The van der Waals surface area contributed by atoms with E-state index in [1.165, 1.54) is 19.4 Å². The van der Waals surface area contributed by atoms with Crippen molar-refractivity contribution in [2.24, 2.45) is 4.99 Å². The minimum atomic E-state index is -0.00635. The summed E-state index contributed by atoms with van der Waals surface area (Å²) in [6, 6.07) is 12.2. The molecule has 0 atom stereocenters. The highest BCUT2D eigenvalue weighted by Crippen LogP contribution is 2.36. The number of hydrogen-bond acceptors (Lipinski definition) is 6. The van der Waals surface area contributed by atoms with Crippen molar-refractivity contribution in [2.75, 3.05) is 7.11 Å². The van der Waals surface area contributed by atoms with E-state index in [-0.39, 0.29) is 11.5 Å². The van der Waals surface area contributed by atoms with Gasteiger partial charge in [0.2, 0.25) is 5.89 Å². The fourth-order valence-electron chi connectivity index (χ4n) is 3.06. The monoisotopic (exact) mass is 466 g/mol. The zero-order chi connectivity index (χ0) is 21.4. The lowest BCUT2D eigenvalue weighted by Crippen LogP contribution is -1.89. The van der Waals surface area contributed by atoms with Gasteiger partial charge in [0.1, 0.15) is 11.3 Å². The van der Waals surface area contributed by atoms with E-state index in [1.807, 2.05) is 26.0 Å². The number of fused-ring (bicyclic) bond motifs is 1. The molecule has 4 rings (SSSR count). The number of rotatable bonds is 4. The molecule has 2 N–H and O–H groups in total. The molecule has 3 aromatic carbocycles. The van der Waals surface area contributed by atoms with E-state index in [9.17, 15) is 10.2 Å². The zero-order valence-corrected chi connectivity index (χ0v) is 18.2. The van der Waals surface area contributed by atoms with E-state index in [4.69, 9.17) is 9.15 Å². The average molecular weight is 467 g/mol. The highest BCUT2D eigenvalue weighted by atomic mass is 79.9. The van der Waals surface area contributed by atoms with Crippen LogP contribution in [0.25, 0.3) is 22.6 Å². The third-order valence-corrected chi connectivity index (χ3v) is 5.31. The number of aliphatic imine (C=N–C) groups is 1. The summed E-state index contributed by atoms with van der Waals surface area (Å²) in [5, 5.41) is 20.6. The Hall–Kier alpha value is -3.32. The van der Waals surface area contributed by atoms with Crippen molar-refractivity contribution in [3.05, 3.63) is 63.6 Å². The third-order valence-electron chi connectivity index (χ3n) is 4.86. The summed E-state index contributed by atoms with van der Waals surface area (Å²) in [6.07, 6.45) is 1.53. The molecule has 0 fully saturated rings. The van der Waals surface area contributed by atoms with Gasteiger partial charge in [-0.05, 0) is 67.4 Å². The van der Waals surface area contributed by atoms with Crippen molar-refractivity contribution < 1.29 is 19.4 Å². The van der Waals surface area contributed by atoms with Gasteiger partial charge >= 0.3 is 0 Å². The molecule has 30 heavy (non-hydrogen) atoms. The van der Waals surface area contributed by atoms with Gasteiger partial charge in [-0.2, -0.15) is 0 Å². The Bertz CT molecular complexity index is 1260. The second-order valence-corrected chi connectivity index (χ2v) is 7.84. The maximum Gasteiger partial charge on any atom is 0.231 e. The van der Waals surface area contributed by atoms with Gasteiger partial charge in [-0.1, -0.05) is 15.9 Å². The number of ether oxygens (including phenoxy) is 1. The molecule has 6 nitrogen and oxygen atoms in total. The summed E-state index contributed by atoms with van der Waals surface area (Å²) in [6.45, 7) is 4.03. The van der Waals surface area contributed by atoms with Crippen LogP contribution in [-0.2, 0) is 0 Å². The van der Waals surface area contributed by atoms with E-state index in [1.54, 1.807) is 24.3 Å². The zero-order valence-electron chi connectivity index (χ0n) is 16.6. The number of aromatic hydroxyl groups is 2. The van der Waals surface area contributed by atoms with E-state index in [0.29, 0.717) is 34.0 Å². The number of aromatic nitrogens is 1. The predicted molar refractivity (Wildman–Crippen MR) is 120 cm³/mol. The molecule has 1 aromatic heterocycles. The topological polar surface area (TPSA) is 88.1 Å². The summed E-state index contributed by atoms with van der Waals surface area (Å²) in [5.41, 5.74) is 5.11. The van der Waals surface area contributed by atoms with Crippen molar-refractivity contribution in [3.63, 3.8) is 0 Å². The Morgan fingerprint density at radius 1 is 1.07 bits per heavy atom. The first-order valence-corrected chi connectivity index (χ1v) is 9.96. The van der Waals surface area contributed by atoms with Gasteiger partial charge in [0.05, 0.1) is 18.4 Å². The Balaban J connectivity index is 1.73. The van der Waals surface area contributed by atoms with Crippen LogP contribution in [0.3, 0.4) is 0 Å². The SMILES string of the molecule is COc1cc(Br)cc(C=Nc2ccc(O)c(-c3nc4cc(C)c(C)cc4o3)c2)c1O. The molecule has 7 heteroatoms. The normalized spacial score (nSPS) is 11.5. The standard InChI is InChI=1S/C23H19BrN2O4/c1-12-6-18-20(7-13(12)2)30-23(26-18)17-10-16(4-5-19(17)27)25-11-14-8-15(24)9-21(29-3)22(14)28/h4-11,27-28H,1-3H3. The molecular formula is C23H19BrN2O4. The highest BCUT2D eigenvalue weighted by molar-refractivity contribution is 9.10. The molecule has 1 heterocycles. The quantitative estimate of drug-likeness (QED) is 0.357. The number of benzene rings is 3. The molecule has 0 saturated heterocycles. The molecule has 0 unspecified atom stereocenters. The first-order valence-electron chi connectivity index (χ1n) is 9.17. The van der Waals surface area contributed by atoms with E-state index >= 15 is 0 Å². The molecule has 0 amide bonds. The number of halogens is 1. The average Bonchev–Trinajstić information content (AvgIpc) is 3.12. The van der Waals surface area contributed by atoms with Crippen molar-refractivity contribution in [1.29, 1.82) is 0 Å². The van der Waals surface area contributed by atoms with E-state index < -0.39 is 0 Å². The molecule has 0 bridgehead atoms. The number of phenolic OH excluding ortho intramolecular Hbond substituents is 2. The number of oxazole rings is 1. The van der Waals surface area contributed by atoms with Crippen LogP contribution in [0.1, 0.15) is 16.7 Å². The van der Waals surface area contributed by atoms with Crippen molar-refractivity contribution in [2.45, 2.75) is 13.8 Å². The summed E-state index contributed by atoms with van der Waals surface area (Å²) in [7, 11) is 1.48. The van der Waals surface area contributed by atoms with Crippen LogP contribution in [0.2, 0.25) is 0 Å². The summed E-state index contributed by atoms with van der Waals surface area (Å²) in [4.78, 5) is 8.93. The van der Waals surface area contributed by atoms with Crippen LogP contribution in [0.4, 0.5) is 5.69 Å². The van der Waals surface area contributed by atoms with E-state index in [0.717, 1.165) is 21.1 Å². The Morgan fingerprint density at radius 3 is 2.60 bits per heavy atom. The molecule has 152 valence electrons. The summed E-state index contributed by atoms with van der Waals surface area (Å²) in [5.74, 6) is 0.694. The lowest BCUT2D eigenvalue weighted by molar-refractivity contribution is 0.373. The van der Waals surface area contributed by atoms with Gasteiger partial charge in [-0.3, -0.25) is 4.99 Å². The van der Waals surface area contributed by atoms with Crippen LogP contribution >= 0.6 is 15.9 Å². The summed E-state index contributed by atoms with van der Waals surface area (Å²) < 4.78 is 11.8. The molecule has 0 saturated carbocycles. The molecule has 0 aliphatic carbocycles. The minimum Gasteiger partial charge on any atom is -0.507 e. The number of aryl methyl sites for hydroxylation is 2. The molecular weight excluding hydrogens is 448 g/mol. The Morgan fingerprint density at radius 2 is 1.83 bits per heavy atom. The minimum absolute atomic E-state index is 0.00635. The second kappa shape index (κ2) is 7.84. The van der Waals surface area contributed by atoms with Gasteiger partial charge in [0.15, 0.2) is 17.1 Å². The first kappa shape index (κ1) is 20.0. The lowest BCUT2D eigenvalue weighted by Gasteiger charge is -2.07. The molecule has 0 radical (unpaired) electrons. The number of nitrogens with zero attached hydrogens (tertiary/aromatic N) is 2. The fraction of sp³-hybridized carbons (Fsp3) is 0.130. The maximum absolute atomic E-state index is 10.3. The number of phenols is 2. The third kappa shape index (κ3) is 3.76. The van der Waals surface area contributed by atoms with Gasteiger partial charge in [-0.15, -0.1) is 0 Å². The molecule has 0 aliphatic heterocycles. The van der Waals surface area contributed by atoms with Gasteiger partial charge in [-0.25, -0.2) is 4.98 Å². The highest BCUT2D eigenvalue weighted by Gasteiger charge is 2.14. The van der Waals surface area contributed by atoms with Gasteiger partial charge < -0.3 is 19.4 Å². The van der Waals surface area contributed by atoms with E-state index in [2.05, 4.69) is 25.9 Å². The molecule has 4 aromatic rings. The van der Waals surface area contributed by atoms with Crippen LogP contribution < -0.4 is 4.74 Å². The van der Waals surface area contributed by atoms with Crippen LogP contribution in [-0.4, -0.2) is 28.5 Å². The van der Waals surface area contributed by atoms with Crippen LogP contribution in [0, 0.1) is 13.8 Å². The number of hydrogen-bond donors (Lipinski definition) is 2. The predicted octanol–water partition coefficient (Wildman–Crippen LogP) is 6.04. The molecule has 0 spiro atoms. The largest absolute Gasteiger partial charge is 0.507 e.